The summed E-state index contributed by atoms with van der Waals surface area (Å²) in [4.78, 5) is 4.61. The molecular weight excluding hydrogens is 231 g/mol. The molecule has 0 aromatic carbocycles. The minimum atomic E-state index is -4.24. The van der Waals surface area contributed by atoms with E-state index in [0.717, 1.165) is 24.2 Å². The van der Waals surface area contributed by atoms with Gasteiger partial charge in [-0.1, -0.05) is 6.42 Å². The van der Waals surface area contributed by atoms with Crippen molar-refractivity contribution in [3.8, 4) is 0 Å². The molecule has 5 unspecified atom stereocenters. The van der Waals surface area contributed by atoms with E-state index in [2.05, 4.69) is 10.3 Å². The van der Waals surface area contributed by atoms with Crippen LogP contribution >= 0.6 is 0 Å². The molecule has 3 fully saturated rings. The lowest BCUT2D eigenvalue weighted by Crippen LogP contribution is -2.40. The molecule has 2 bridgehead atoms. The molecule has 5 heteroatoms. The third-order valence-electron chi connectivity index (χ3n) is 4.90. The molecule has 98 valence electrons. The van der Waals surface area contributed by atoms with Gasteiger partial charge in [-0.2, -0.15) is 18.7 Å². The fourth-order valence-electron chi connectivity index (χ4n) is 4.43. The summed E-state index contributed by atoms with van der Waals surface area (Å²) in [6.07, 6.45) is 1.87. The van der Waals surface area contributed by atoms with Gasteiger partial charge in [0.05, 0.1) is 0 Å². The van der Waals surface area contributed by atoms with Crippen LogP contribution in [0.15, 0.2) is 0 Å². The summed E-state index contributed by atoms with van der Waals surface area (Å²) >= 11 is 0. The van der Waals surface area contributed by atoms with Gasteiger partial charge in [-0.25, -0.2) is 0 Å². The first-order valence-corrected chi connectivity index (χ1v) is 6.48. The molecule has 1 N–H and O–H groups in total. The maximum atomic E-state index is 12.0. The highest BCUT2D eigenvalue weighted by atomic mass is 19.4. The second-order valence-corrected chi connectivity index (χ2v) is 5.78. The number of alkyl halides is 3. The van der Waals surface area contributed by atoms with E-state index in [-0.39, 0.29) is 6.04 Å². The van der Waals surface area contributed by atoms with Crippen LogP contribution in [0.4, 0.5) is 13.2 Å². The van der Waals surface area contributed by atoms with Crippen LogP contribution in [0.25, 0.3) is 0 Å². The topological polar surface area (TPSA) is 21.3 Å². The number of hydrogen-bond donors (Lipinski definition) is 1. The summed E-state index contributed by atoms with van der Waals surface area (Å²) in [5, 5.41) is 0. The number of nitrogens with one attached hydrogen (secondary N) is 1. The van der Waals surface area contributed by atoms with Gasteiger partial charge in [0.15, 0.2) is 6.61 Å². The van der Waals surface area contributed by atoms with E-state index in [1.807, 2.05) is 0 Å². The second kappa shape index (κ2) is 4.12. The van der Waals surface area contributed by atoms with E-state index in [1.54, 1.807) is 0 Å². The summed E-state index contributed by atoms with van der Waals surface area (Å²) in [7, 11) is 0. The average Bonchev–Trinajstić information content (AvgIpc) is 2.85. The molecule has 0 heterocycles. The van der Waals surface area contributed by atoms with Crippen LogP contribution in [-0.2, 0) is 4.84 Å². The smallest absolute Gasteiger partial charge is 0.292 e. The SMILES string of the molecule is FC(F)(F)CONC1CC2CC1C1CCCC21. The Morgan fingerprint density at radius 2 is 1.82 bits per heavy atom. The van der Waals surface area contributed by atoms with Crippen molar-refractivity contribution in [1.82, 2.24) is 5.48 Å². The van der Waals surface area contributed by atoms with E-state index in [1.165, 1.54) is 25.7 Å². The molecule has 3 aliphatic carbocycles. The van der Waals surface area contributed by atoms with Gasteiger partial charge in [0.1, 0.15) is 0 Å². The predicted molar refractivity (Wildman–Crippen MR) is 56.0 cm³/mol. The Bertz CT molecular complexity index is 294. The van der Waals surface area contributed by atoms with E-state index in [4.69, 9.17) is 0 Å². The Balaban J connectivity index is 1.51. The largest absolute Gasteiger partial charge is 0.413 e. The van der Waals surface area contributed by atoms with Crippen LogP contribution < -0.4 is 5.48 Å². The van der Waals surface area contributed by atoms with Crippen LogP contribution in [0, 0.1) is 23.7 Å². The van der Waals surface area contributed by atoms with Gasteiger partial charge in [0.2, 0.25) is 0 Å². The third-order valence-corrected chi connectivity index (χ3v) is 4.90. The van der Waals surface area contributed by atoms with E-state index < -0.39 is 12.8 Å². The molecule has 17 heavy (non-hydrogen) atoms. The molecule has 3 rings (SSSR count). The maximum absolute atomic E-state index is 12.0. The summed E-state index contributed by atoms with van der Waals surface area (Å²) in [5.74, 6) is 2.90. The van der Waals surface area contributed by atoms with Crippen molar-refractivity contribution in [2.24, 2.45) is 23.7 Å². The van der Waals surface area contributed by atoms with Gasteiger partial charge in [0, 0.05) is 6.04 Å². The molecule has 0 aromatic heterocycles. The molecular formula is C12H18F3NO. The first-order chi connectivity index (χ1) is 8.04. The highest BCUT2D eigenvalue weighted by Crippen LogP contribution is 2.58. The number of halogens is 3. The van der Waals surface area contributed by atoms with Gasteiger partial charge in [-0.15, -0.1) is 0 Å². The summed E-state index contributed by atoms with van der Waals surface area (Å²) in [6, 6.07) is 0.154. The molecule has 5 atom stereocenters. The summed E-state index contributed by atoms with van der Waals surface area (Å²) in [6.45, 7) is -1.19. The molecule has 2 nitrogen and oxygen atoms in total. The zero-order valence-corrected chi connectivity index (χ0v) is 9.67. The molecule has 3 aliphatic rings. The van der Waals surface area contributed by atoms with Crippen LogP contribution in [-0.4, -0.2) is 18.8 Å². The fraction of sp³-hybridized carbons (Fsp3) is 1.00. The van der Waals surface area contributed by atoms with Crippen molar-refractivity contribution in [2.45, 2.75) is 44.3 Å². The minimum absolute atomic E-state index is 0.154. The number of rotatable bonds is 3. The first-order valence-electron chi connectivity index (χ1n) is 6.48. The van der Waals surface area contributed by atoms with Gasteiger partial charge in [-0.05, 0) is 49.4 Å². The second-order valence-electron chi connectivity index (χ2n) is 5.78. The lowest BCUT2D eigenvalue weighted by Gasteiger charge is -2.31. The highest BCUT2D eigenvalue weighted by Gasteiger charge is 2.53. The Hall–Kier alpha value is -0.290. The Morgan fingerprint density at radius 3 is 2.59 bits per heavy atom. The molecule has 0 aliphatic heterocycles. The van der Waals surface area contributed by atoms with Gasteiger partial charge >= 0.3 is 6.18 Å². The number of hydroxylamine groups is 1. The lowest BCUT2D eigenvalue weighted by molar-refractivity contribution is -0.195. The van der Waals surface area contributed by atoms with Crippen LogP contribution in [0.2, 0.25) is 0 Å². The van der Waals surface area contributed by atoms with E-state index in [9.17, 15) is 13.2 Å². The maximum Gasteiger partial charge on any atom is 0.413 e. The number of fused-ring (bicyclic) bond motifs is 5. The normalized spacial score (nSPS) is 44.3. The van der Waals surface area contributed by atoms with Gasteiger partial charge < -0.3 is 0 Å². The van der Waals surface area contributed by atoms with Crippen LogP contribution in [0.3, 0.4) is 0 Å². The number of hydrogen-bond acceptors (Lipinski definition) is 2. The summed E-state index contributed by atoms with van der Waals surface area (Å²) < 4.78 is 35.9. The zero-order chi connectivity index (χ0) is 12.0. The molecule has 0 radical (unpaired) electrons. The average molecular weight is 249 g/mol. The monoisotopic (exact) mass is 249 g/mol. The fourth-order valence-corrected chi connectivity index (χ4v) is 4.43. The Morgan fingerprint density at radius 1 is 1.06 bits per heavy atom. The van der Waals surface area contributed by atoms with Gasteiger partial charge in [-0.3, -0.25) is 4.84 Å². The van der Waals surface area contributed by atoms with Crippen molar-refractivity contribution in [1.29, 1.82) is 0 Å². The van der Waals surface area contributed by atoms with Gasteiger partial charge in [0.25, 0.3) is 0 Å². The lowest BCUT2D eigenvalue weighted by atomic mass is 9.79. The van der Waals surface area contributed by atoms with E-state index in [0.29, 0.717) is 5.92 Å². The predicted octanol–water partition coefficient (Wildman–Crippen LogP) is 2.89. The Kier molecular flexibility index (Phi) is 2.86. The quantitative estimate of drug-likeness (QED) is 0.776. The van der Waals surface area contributed by atoms with E-state index >= 15 is 0 Å². The van der Waals surface area contributed by atoms with Crippen molar-refractivity contribution in [3.05, 3.63) is 0 Å². The van der Waals surface area contributed by atoms with Crippen molar-refractivity contribution in [3.63, 3.8) is 0 Å². The van der Waals surface area contributed by atoms with Crippen LogP contribution in [0.5, 0.6) is 0 Å². The third kappa shape index (κ3) is 2.19. The van der Waals surface area contributed by atoms with Crippen molar-refractivity contribution in [2.75, 3.05) is 6.61 Å². The first kappa shape index (κ1) is 11.8. The molecule has 0 saturated heterocycles. The highest BCUT2D eigenvalue weighted by molar-refractivity contribution is 5.04. The van der Waals surface area contributed by atoms with Crippen molar-refractivity contribution < 1.29 is 18.0 Å². The molecule has 0 aromatic rings. The van der Waals surface area contributed by atoms with Crippen LogP contribution in [0.1, 0.15) is 32.1 Å². The van der Waals surface area contributed by atoms with Crippen molar-refractivity contribution >= 4 is 0 Å². The minimum Gasteiger partial charge on any atom is -0.292 e. The molecule has 0 spiro atoms. The standard InChI is InChI=1S/C12H18F3NO/c13-12(14,15)6-17-16-11-5-7-4-10(11)9-3-1-2-8(7)9/h7-11,16H,1-6H2. The Labute approximate surface area is 98.9 Å². The molecule has 3 saturated carbocycles. The molecule has 0 amide bonds. The summed E-state index contributed by atoms with van der Waals surface area (Å²) in [5.41, 5.74) is 2.66. The zero-order valence-electron chi connectivity index (χ0n) is 9.67.